The molecule has 1 nitrogen and oxygen atoms in total. The minimum Gasteiger partial charge on any atom is -0.330 e. The van der Waals surface area contributed by atoms with Crippen LogP contribution in [0.3, 0.4) is 0 Å². The molecule has 0 aliphatic carbocycles. The Hall–Kier alpha value is -1.00. The molecule has 0 atom stereocenters. The standard InChI is InChI=1S/C10H15N/c1-3-7-10(2)8-5-4-6-9-11/h3,7H,1,4,6,9,11H2,2H3/b10-7+. The molecule has 0 amide bonds. The van der Waals surface area contributed by atoms with E-state index < -0.39 is 0 Å². The first-order valence-electron chi connectivity index (χ1n) is 3.79. The summed E-state index contributed by atoms with van der Waals surface area (Å²) in [6, 6.07) is 0. The lowest BCUT2D eigenvalue weighted by Crippen LogP contribution is -1.96. The summed E-state index contributed by atoms with van der Waals surface area (Å²) in [5, 5.41) is 0. The predicted molar refractivity (Wildman–Crippen MR) is 50.0 cm³/mol. The molecule has 0 aromatic heterocycles. The summed E-state index contributed by atoms with van der Waals surface area (Å²) >= 11 is 0. The van der Waals surface area contributed by atoms with Gasteiger partial charge >= 0.3 is 0 Å². The van der Waals surface area contributed by atoms with Crippen LogP contribution in [0.1, 0.15) is 19.8 Å². The number of allylic oxidation sites excluding steroid dienone is 3. The third kappa shape index (κ3) is 6.89. The fraction of sp³-hybridized carbons (Fsp3) is 0.400. The van der Waals surface area contributed by atoms with Crippen LogP contribution >= 0.6 is 0 Å². The molecule has 0 heterocycles. The van der Waals surface area contributed by atoms with Crippen molar-refractivity contribution in [2.45, 2.75) is 19.8 Å². The molecule has 1 heteroatoms. The minimum atomic E-state index is 0.721. The molecule has 0 saturated heterocycles. The van der Waals surface area contributed by atoms with E-state index in [0.717, 1.165) is 25.0 Å². The zero-order valence-corrected chi connectivity index (χ0v) is 7.06. The summed E-state index contributed by atoms with van der Waals surface area (Å²) < 4.78 is 0. The zero-order chi connectivity index (χ0) is 8.53. The molecule has 11 heavy (non-hydrogen) atoms. The lowest BCUT2D eigenvalue weighted by atomic mass is 10.2. The lowest BCUT2D eigenvalue weighted by molar-refractivity contribution is 0.870. The van der Waals surface area contributed by atoms with Gasteiger partial charge in [0, 0.05) is 6.42 Å². The summed E-state index contributed by atoms with van der Waals surface area (Å²) in [6.45, 7) is 6.27. The van der Waals surface area contributed by atoms with Crippen molar-refractivity contribution < 1.29 is 0 Å². The molecule has 0 spiro atoms. The third-order valence-electron chi connectivity index (χ3n) is 1.16. The van der Waals surface area contributed by atoms with Gasteiger partial charge < -0.3 is 5.73 Å². The smallest absolute Gasteiger partial charge is 0.0104 e. The first-order chi connectivity index (χ1) is 5.31. The maximum Gasteiger partial charge on any atom is 0.0104 e. The van der Waals surface area contributed by atoms with E-state index in [9.17, 15) is 0 Å². The lowest BCUT2D eigenvalue weighted by Gasteiger charge is -1.85. The van der Waals surface area contributed by atoms with Crippen molar-refractivity contribution in [1.82, 2.24) is 0 Å². The molecule has 0 bridgehead atoms. The van der Waals surface area contributed by atoms with E-state index in [0.29, 0.717) is 0 Å². The second-order valence-electron chi connectivity index (χ2n) is 2.28. The van der Waals surface area contributed by atoms with Crippen LogP contribution in [0.15, 0.2) is 24.3 Å². The maximum absolute atomic E-state index is 5.31. The molecule has 0 radical (unpaired) electrons. The van der Waals surface area contributed by atoms with Gasteiger partial charge in [0.05, 0.1) is 0 Å². The van der Waals surface area contributed by atoms with Crippen LogP contribution in [-0.2, 0) is 0 Å². The molecule has 0 saturated carbocycles. The van der Waals surface area contributed by atoms with Crippen molar-refractivity contribution >= 4 is 0 Å². The van der Waals surface area contributed by atoms with Gasteiger partial charge in [-0.1, -0.05) is 30.6 Å². The van der Waals surface area contributed by atoms with E-state index >= 15 is 0 Å². The Balaban J connectivity index is 3.68. The molecular formula is C10H15N. The van der Waals surface area contributed by atoms with Crippen molar-refractivity contribution in [2.24, 2.45) is 5.73 Å². The van der Waals surface area contributed by atoms with Gasteiger partial charge in [-0.15, -0.1) is 0 Å². The molecule has 0 fully saturated rings. The summed E-state index contributed by atoms with van der Waals surface area (Å²) in [6.07, 6.45) is 5.51. The molecule has 60 valence electrons. The predicted octanol–water partition coefficient (Wildman–Crippen LogP) is 1.86. The van der Waals surface area contributed by atoms with Crippen LogP contribution < -0.4 is 5.73 Å². The highest BCUT2D eigenvalue weighted by molar-refractivity contribution is 5.29. The van der Waals surface area contributed by atoms with Crippen molar-refractivity contribution in [3.05, 3.63) is 24.3 Å². The number of rotatable bonds is 3. The van der Waals surface area contributed by atoms with Crippen molar-refractivity contribution in [3.8, 4) is 11.8 Å². The van der Waals surface area contributed by atoms with Gasteiger partial charge in [-0.2, -0.15) is 0 Å². The molecule has 0 aliphatic rings. The van der Waals surface area contributed by atoms with E-state index in [2.05, 4.69) is 18.4 Å². The van der Waals surface area contributed by atoms with Gasteiger partial charge in [0.15, 0.2) is 0 Å². The van der Waals surface area contributed by atoms with Crippen molar-refractivity contribution in [2.75, 3.05) is 6.54 Å². The normalized spacial score (nSPS) is 10.2. The van der Waals surface area contributed by atoms with Gasteiger partial charge in [0.2, 0.25) is 0 Å². The summed E-state index contributed by atoms with van der Waals surface area (Å²) in [7, 11) is 0. The van der Waals surface area contributed by atoms with Crippen LogP contribution in [-0.4, -0.2) is 6.54 Å². The Morgan fingerprint density at radius 1 is 1.64 bits per heavy atom. The summed E-state index contributed by atoms with van der Waals surface area (Å²) in [4.78, 5) is 0. The molecule has 2 N–H and O–H groups in total. The average Bonchev–Trinajstić information content (AvgIpc) is 1.99. The van der Waals surface area contributed by atoms with Gasteiger partial charge in [0.1, 0.15) is 0 Å². The van der Waals surface area contributed by atoms with Crippen molar-refractivity contribution in [1.29, 1.82) is 0 Å². The van der Waals surface area contributed by atoms with E-state index in [1.807, 2.05) is 13.0 Å². The second kappa shape index (κ2) is 7.11. The van der Waals surface area contributed by atoms with E-state index in [4.69, 9.17) is 5.73 Å². The Morgan fingerprint density at radius 3 is 2.91 bits per heavy atom. The Kier molecular flexibility index (Phi) is 6.46. The monoisotopic (exact) mass is 149 g/mol. The zero-order valence-electron chi connectivity index (χ0n) is 7.06. The first-order valence-corrected chi connectivity index (χ1v) is 3.79. The number of unbranched alkanes of at least 4 members (excludes halogenated alkanes) is 1. The van der Waals surface area contributed by atoms with Crippen LogP contribution in [0.4, 0.5) is 0 Å². The molecular weight excluding hydrogens is 134 g/mol. The Labute approximate surface area is 69.0 Å². The van der Waals surface area contributed by atoms with Crippen molar-refractivity contribution in [3.63, 3.8) is 0 Å². The van der Waals surface area contributed by atoms with E-state index in [1.54, 1.807) is 6.08 Å². The van der Waals surface area contributed by atoms with Crippen LogP contribution in [0.2, 0.25) is 0 Å². The second-order valence-corrected chi connectivity index (χ2v) is 2.28. The minimum absolute atomic E-state index is 0.721. The van der Waals surface area contributed by atoms with E-state index in [-0.39, 0.29) is 0 Å². The SMILES string of the molecule is C=C/C=C(\C)C#CCCCN. The number of nitrogens with two attached hydrogens (primary N) is 1. The number of hydrogen-bond donors (Lipinski definition) is 1. The van der Waals surface area contributed by atoms with Crippen LogP contribution in [0, 0.1) is 11.8 Å². The van der Waals surface area contributed by atoms with Gasteiger partial charge in [-0.05, 0) is 25.5 Å². The Bertz CT molecular complexity index is 191. The quantitative estimate of drug-likeness (QED) is 0.370. The number of hydrogen-bond acceptors (Lipinski definition) is 1. The first kappa shape index (κ1) is 10.0. The Morgan fingerprint density at radius 2 is 2.36 bits per heavy atom. The highest BCUT2D eigenvalue weighted by Gasteiger charge is 1.77. The topological polar surface area (TPSA) is 26.0 Å². The molecule has 0 unspecified atom stereocenters. The van der Waals surface area contributed by atoms with Gasteiger partial charge in [0.25, 0.3) is 0 Å². The fourth-order valence-corrected chi connectivity index (χ4v) is 0.611. The maximum atomic E-state index is 5.31. The van der Waals surface area contributed by atoms with Crippen LogP contribution in [0.5, 0.6) is 0 Å². The van der Waals surface area contributed by atoms with Gasteiger partial charge in [-0.25, -0.2) is 0 Å². The molecule has 0 rings (SSSR count). The highest BCUT2D eigenvalue weighted by atomic mass is 14.5. The molecule has 0 aromatic carbocycles. The fourth-order valence-electron chi connectivity index (χ4n) is 0.611. The van der Waals surface area contributed by atoms with E-state index in [1.165, 1.54) is 0 Å². The third-order valence-corrected chi connectivity index (χ3v) is 1.16. The molecule has 0 aliphatic heterocycles. The largest absolute Gasteiger partial charge is 0.330 e. The van der Waals surface area contributed by atoms with Crippen LogP contribution in [0.25, 0.3) is 0 Å². The molecule has 0 aromatic rings. The summed E-state index contributed by atoms with van der Waals surface area (Å²) in [5.41, 5.74) is 6.36. The van der Waals surface area contributed by atoms with Gasteiger partial charge in [-0.3, -0.25) is 0 Å². The summed E-state index contributed by atoms with van der Waals surface area (Å²) in [5.74, 6) is 6.03. The highest BCUT2D eigenvalue weighted by Crippen LogP contribution is 1.90. The average molecular weight is 149 g/mol.